The highest BCUT2D eigenvalue weighted by molar-refractivity contribution is 5.46. The molecule has 17 heavy (non-hydrogen) atoms. The van der Waals surface area contributed by atoms with E-state index in [0.717, 1.165) is 5.75 Å². The van der Waals surface area contributed by atoms with Crippen LogP contribution in [0.5, 0.6) is 17.2 Å². The van der Waals surface area contributed by atoms with E-state index in [1.165, 1.54) is 6.07 Å². The van der Waals surface area contributed by atoms with Crippen LogP contribution in [-0.2, 0) is 11.5 Å². The van der Waals surface area contributed by atoms with Crippen molar-refractivity contribution in [1.82, 2.24) is 0 Å². The Kier molecular flexibility index (Phi) is 3.46. The minimum absolute atomic E-state index is 0.0154. The molecule has 0 bridgehead atoms. The van der Waals surface area contributed by atoms with Gasteiger partial charge in [0.05, 0.1) is 0 Å². The Labute approximate surface area is 101 Å². The number of para-hydroxylation sites is 1. The zero-order chi connectivity index (χ0) is 12.1. The lowest BCUT2D eigenvalue weighted by molar-refractivity contribution is 0.347. The van der Waals surface area contributed by atoms with Gasteiger partial charge in [0.1, 0.15) is 11.5 Å². The maximum absolute atomic E-state index is 11.7. The topological polar surface area (TPSA) is 29.1 Å². The van der Waals surface area contributed by atoms with E-state index in [-0.39, 0.29) is 5.75 Å². The third-order valence-electron chi connectivity index (χ3n) is 2.41. The Bertz CT molecular complexity index is 504. The van der Waals surface area contributed by atoms with E-state index in [1.807, 2.05) is 30.3 Å². The fourth-order valence-corrected chi connectivity index (χ4v) is 1.60. The Morgan fingerprint density at radius 2 is 1.82 bits per heavy atom. The van der Waals surface area contributed by atoms with Crippen LogP contribution in [0, 0.1) is 0 Å². The average Bonchev–Trinajstić information content (AvgIpc) is 2.35. The molecule has 2 aromatic rings. The lowest BCUT2D eigenvalue weighted by Crippen LogP contribution is -1.90. The van der Waals surface area contributed by atoms with Crippen molar-refractivity contribution in [1.29, 1.82) is 0 Å². The van der Waals surface area contributed by atoms with E-state index >= 15 is 0 Å². The molecule has 0 aliphatic rings. The molecule has 0 fully saturated rings. The van der Waals surface area contributed by atoms with Crippen LogP contribution < -0.4 is 4.74 Å². The minimum Gasteiger partial charge on any atom is -0.457 e. The van der Waals surface area contributed by atoms with Gasteiger partial charge in [-0.15, -0.1) is 6.58 Å². The molecule has 0 aromatic heterocycles. The van der Waals surface area contributed by atoms with Gasteiger partial charge in [-0.05, 0) is 30.7 Å². The van der Waals surface area contributed by atoms with Crippen molar-refractivity contribution in [2.75, 3.05) is 0 Å². The lowest BCUT2D eigenvalue weighted by Gasteiger charge is -2.10. The molecule has 0 amide bonds. The Hall–Kier alpha value is -2.22. The van der Waals surface area contributed by atoms with Crippen molar-refractivity contribution in [2.24, 2.45) is 0 Å². The first-order valence-corrected chi connectivity index (χ1v) is 5.44. The summed E-state index contributed by atoms with van der Waals surface area (Å²) in [5, 5.41) is 11.7. The van der Waals surface area contributed by atoms with Gasteiger partial charge >= 0.3 is 0 Å². The highest BCUT2D eigenvalue weighted by Crippen LogP contribution is 2.32. The largest absolute Gasteiger partial charge is 0.457 e. The van der Waals surface area contributed by atoms with Gasteiger partial charge in [0.25, 0.3) is 0 Å². The van der Waals surface area contributed by atoms with Gasteiger partial charge in [-0.2, -0.15) is 0 Å². The maximum Gasteiger partial charge on any atom is 0.185 e. The predicted octanol–water partition coefficient (Wildman–Crippen LogP) is 4.35. The van der Waals surface area contributed by atoms with E-state index in [4.69, 9.17) is 4.74 Å². The molecule has 2 nitrogen and oxygen atoms in total. The monoisotopic (exact) mass is 225 g/mol. The van der Waals surface area contributed by atoms with Gasteiger partial charge in [-0.3, -0.25) is 5.11 Å². The van der Waals surface area contributed by atoms with Gasteiger partial charge in [0.2, 0.25) is 0 Å². The lowest BCUT2D eigenvalue weighted by atomic mass is 10.1. The summed E-state index contributed by atoms with van der Waals surface area (Å²) in [7, 11) is 0. The summed E-state index contributed by atoms with van der Waals surface area (Å²) in [6.07, 6.45) is 2.22. The summed E-state index contributed by atoms with van der Waals surface area (Å²) >= 11 is 0. The van der Waals surface area contributed by atoms with Gasteiger partial charge in [0.15, 0.2) is 5.75 Å². The summed E-state index contributed by atoms with van der Waals surface area (Å²) in [4.78, 5) is 0. The second-order valence-electron chi connectivity index (χ2n) is 3.64. The standard InChI is InChI=1S/C15H13O2/c1-2-7-13-14(16)10-6-11-15(13)17-12-8-4-3-5-9-12/h2-6,8-11H,1,7H2. The molecule has 0 spiro atoms. The molecule has 0 heterocycles. The van der Waals surface area contributed by atoms with Crippen LogP contribution in [0.1, 0.15) is 5.56 Å². The van der Waals surface area contributed by atoms with E-state index in [9.17, 15) is 5.11 Å². The first-order valence-electron chi connectivity index (χ1n) is 5.44. The number of hydrogen-bond donors (Lipinski definition) is 0. The van der Waals surface area contributed by atoms with Crippen LogP contribution in [-0.4, -0.2) is 0 Å². The molecule has 2 heteroatoms. The molecule has 0 N–H and O–H groups in total. The van der Waals surface area contributed by atoms with E-state index in [1.54, 1.807) is 18.2 Å². The number of hydrogen-bond acceptors (Lipinski definition) is 1. The van der Waals surface area contributed by atoms with Crippen LogP contribution >= 0.6 is 0 Å². The molecule has 0 aliphatic heterocycles. The normalized spacial score (nSPS) is 9.88. The highest BCUT2D eigenvalue weighted by Gasteiger charge is 2.09. The molecule has 0 unspecified atom stereocenters. The van der Waals surface area contributed by atoms with Crippen molar-refractivity contribution in [3.63, 3.8) is 0 Å². The first-order chi connectivity index (χ1) is 8.31. The molecular formula is C15H13O2. The van der Waals surface area contributed by atoms with E-state index in [0.29, 0.717) is 17.7 Å². The molecule has 2 aromatic carbocycles. The van der Waals surface area contributed by atoms with Crippen molar-refractivity contribution >= 4 is 0 Å². The van der Waals surface area contributed by atoms with Crippen LogP contribution in [0.4, 0.5) is 0 Å². The molecule has 0 aliphatic carbocycles. The van der Waals surface area contributed by atoms with Crippen molar-refractivity contribution in [3.8, 4) is 17.2 Å². The quantitative estimate of drug-likeness (QED) is 0.711. The smallest absolute Gasteiger partial charge is 0.185 e. The second kappa shape index (κ2) is 5.21. The Morgan fingerprint density at radius 1 is 1.06 bits per heavy atom. The third-order valence-corrected chi connectivity index (χ3v) is 2.41. The van der Waals surface area contributed by atoms with E-state index in [2.05, 4.69) is 6.58 Å². The zero-order valence-corrected chi connectivity index (χ0v) is 9.43. The second-order valence-corrected chi connectivity index (χ2v) is 3.64. The number of rotatable bonds is 4. The molecule has 2 rings (SSSR count). The molecule has 0 saturated heterocycles. The van der Waals surface area contributed by atoms with Crippen LogP contribution in [0.25, 0.3) is 0 Å². The zero-order valence-electron chi connectivity index (χ0n) is 9.43. The minimum atomic E-state index is -0.0154. The fraction of sp³-hybridized carbons (Fsp3) is 0.0667. The first kappa shape index (κ1) is 11.3. The Balaban J connectivity index is 2.32. The van der Waals surface area contributed by atoms with Crippen molar-refractivity contribution < 1.29 is 9.84 Å². The van der Waals surface area contributed by atoms with Crippen LogP contribution in [0.3, 0.4) is 0 Å². The van der Waals surface area contributed by atoms with Gasteiger partial charge in [0, 0.05) is 5.56 Å². The summed E-state index contributed by atoms with van der Waals surface area (Å²) < 4.78 is 5.70. The fourth-order valence-electron chi connectivity index (χ4n) is 1.60. The molecule has 1 radical (unpaired) electrons. The van der Waals surface area contributed by atoms with E-state index < -0.39 is 0 Å². The maximum atomic E-state index is 11.7. The Morgan fingerprint density at radius 3 is 2.53 bits per heavy atom. The molecule has 0 saturated carbocycles. The summed E-state index contributed by atoms with van der Waals surface area (Å²) in [6.45, 7) is 3.65. The van der Waals surface area contributed by atoms with Gasteiger partial charge < -0.3 is 4.74 Å². The third kappa shape index (κ3) is 2.67. The summed E-state index contributed by atoms with van der Waals surface area (Å²) in [5.41, 5.74) is 0.645. The number of allylic oxidation sites excluding steroid dienone is 1. The SMILES string of the molecule is C=CCc1c([O])cccc1Oc1ccccc1. The number of benzene rings is 2. The molecular weight excluding hydrogens is 212 g/mol. The van der Waals surface area contributed by atoms with Crippen LogP contribution in [0.15, 0.2) is 61.2 Å². The van der Waals surface area contributed by atoms with Gasteiger partial charge in [-0.1, -0.05) is 30.3 Å². The molecule has 85 valence electrons. The predicted molar refractivity (Wildman–Crippen MR) is 67.0 cm³/mol. The van der Waals surface area contributed by atoms with Gasteiger partial charge in [-0.25, -0.2) is 0 Å². The van der Waals surface area contributed by atoms with Crippen LogP contribution in [0.2, 0.25) is 0 Å². The van der Waals surface area contributed by atoms with Crippen molar-refractivity contribution in [2.45, 2.75) is 6.42 Å². The summed E-state index contributed by atoms with van der Waals surface area (Å²) in [6, 6.07) is 14.5. The highest BCUT2D eigenvalue weighted by atomic mass is 16.5. The average molecular weight is 225 g/mol. The number of ether oxygens (including phenoxy) is 1. The summed E-state index contributed by atoms with van der Waals surface area (Å²) in [5.74, 6) is 1.31. The van der Waals surface area contributed by atoms with Crippen molar-refractivity contribution in [3.05, 3.63) is 66.7 Å². The molecule has 0 atom stereocenters.